The van der Waals surface area contributed by atoms with E-state index in [1.807, 2.05) is 0 Å². The molecule has 0 aliphatic rings. The van der Waals surface area contributed by atoms with Crippen molar-refractivity contribution < 1.29 is 10.0 Å². The average Bonchev–Trinajstić information content (AvgIpc) is 2.09. The zero-order valence-electron chi connectivity index (χ0n) is 6.10. The number of benzene rings is 1. The average molecular weight is 200 g/mol. The summed E-state index contributed by atoms with van der Waals surface area (Å²) in [6, 6.07) is 1.74. The van der Waals surface area contributed by atoms with Crippen molar-refractivity contribution in [2.75, 3.05) is 0 Å². The molecule has 0 radical (unpaired) electrons. The molecule has 0 spiro atoms. The van der Waals surface area contributed by atoms with Crippen molar-refractivity contribution >= 4 is 23.0 Å². The molecule has 66 valence electrons. The summed E-state index contributed by atoms with van der Waals surface area (Å²) < 4.78 is 0. The number of rotatable bonds is 1. The topological polar surface area (TPSA) is 94.3 Å². The van der Waals surface area contributed by atoms with Gasteiger partial charge in [0, 0.05) is 16.8 Å². The van der Waals surface area contributed by atoms with Crippen LogP contribution in [0.4, 0.5) is 11.4 Å². The molecule has 1 rings (SSSR count). The van der Waals surface area contributed by atoms with E-state index in [0.29, 0.717) is 0 Å². The summed E-state index contributed by atoms with van der Waals surface area (Å²) in [4.78, 5) is 12.1. The minimum Gasteiger partial charge on any atom is -0.866 e. The molecule has 7 heteroatoms. The largest absolute Gasteiger partial charge is 0.866 e. The van der Waals surface area contributed by atoms with Gasteiger partial charge in [-0.25, -0.2) is 0 Å². The van der Waals surface area contributed by atoms with E-state index in [4.69, 9.17) is 17.0 Å². The lowest BCUT2D eigenvalue weighted by Gasteiger charge is -2.02. The Morgan fingerprint density at radius 3 is 2.62 bits per heavy atom. The Hall–Kier alpha value is -1.87. The van der Waals surface area contributed by atoms with Gasteiger partial charge in [0.25, 0.3) is 5.69 Å². The molecule has 1 aromatic rings. The Labute approximate surface area is 77.1 Å². The summed E-state index contributed by atoms with van der Waals surface area (Å²) >= 11 is 5.35. The van der Waals surface area contributed by atoms with Gasteiger partial charge >= 0.3 is 5.69 Å². The second kappa shape index (κ2) is 3.25. The van der Waals surface area contributed by atoms with Gasteiger partial charge in [0.2, 0.25) is 5.39 Å². The molecule has 0 fully saturated rings. The van der Waals surface area contributed by atoms with Crippen LogP contribution in [-0.4, -0.2) is 4.92 Å². The SMILES string of the molecule is N#[N+]c1cc([N+](=O)[O-])cc(Cl)c1[O-]. The van der Waals surface area contributed by atoms with Gasteiger partial charge < -0.3 is 5.11 Å². The van der Waals surface area contributed by atoms with Gasteiger partial charge in [-0.05, 0) is 0 Å². The van der Waals surface area contributed by atoms with E-state index in [0.717, 1.165) is 12.1 Å². The van der Waals surface area contributed by atoms with Gasteiger partial charge in [0.05, 0.1) is 4.92 Å². The Morgan fingerprint density at radius 1 is 1.54 bits per heavy atom. The number of nitro groups is 1. The third kappa shape index (κ3) is 1.65. The van der Waals surface area contributed by atoms with Crippen LogP contribution >= 0.6 is 11.6 Å². The molecule has 6 nitrogen and oxygen atoms in total. The molecule has 0 heterocycles. The van der Waals surface area contributed by atoms with Crippen LogP contribution in [0.5, 0.6) is 5.75 Å². The molecule has 0 aromatic heterocycles. The van der Waals surface area contributed by atoms with Gasteiger partial charge in [0.1, 0.15) is 6.07 Å². The molecule has 0 atom stereocenters. The third-order valence-corrected chi connectivity index (χ3v) is 1.61. The van der Waals surface area contributed by atoms with Crippen LogP contribution in [0, 0.1) is 15.5 Å². The first-order valence-corrected chi connectivity index (χ1v) is 3.44. The van der Waals surface area contributed by atoms with E-state index in [-0.39, 0.29) is 5.02 Å². The number of hydrogen-bond acceptors (Lipinski definition) is 4. The molecular formula is C6H2ClN3O3. The van der Waals surface area contributed by atoms with Crippen LogP contribution in [0.3, 0.4) is 0 Å². The molecule has 0 unspecified atom stereocenters. The molecule has 0 bridgehead atoms. The third-order valence-electron chi connectivity index (χ3n) is 1.33. The smallest absolute Gasteiger partial charge is 0.385 e. The van der Waals surface area contributed by atoms with Crippen LogP contribution < -0.4 is 5.11 Å². The molecule has 0 amide bonds. The molecule has 0 aliphatic carbocycles. The van der Waals surface area contributed by atoms with Gasteiger partial charge in [-0.2, -0.15) is 0 Å². The number of nitro benzene ring substituents is 1. The van der Waals surface area contributed by atoms with Crippen molar-refractivity contribution in [3.05, 3.63) is 32.2 Å². The first-order chi connectivity index (χ1) is 6.06. The number of hydrogen-bond donors (Lipinski definition) is 0. The second-order valence-corrected chi connectivity index (χ2v) is 2.54. The van der Waals surface area contributed by atoms with E-state index in [1.165, 1.54) is 0 Å². The lowest BCUT2D eigenvalue weighted by molar-refractivity contribution is -0.385. The number of non-ortho nitro benzene ring substituents is 1. The van der Waals surface area contributed by atoms with Gasteiger partial charge in [-0.1, -0.05) is 11.6 Å². The lowest BCUT2D eigenvalue weighted by Crippen LogP contribution is -1.93. The lowest BCUT2D eigenvalue weighted by atomic mass is 10.2. The van der Waals surface area contributed by atoms with E-state index in [2.05, 4.69) is 4.98 Å². The summed E-state index contributed by atoms with van der Waals surface area (Å²) in [5.74, 6) is -0.741. The predicted molar refractivity (Wildman–Crippen MR) is 42.3 cm³/mol. The highest BCUT2D eigenvalue weighted by atomic mass is 35.5. The standard InChI is InChI=1S/C6H2ClN3O3/c7-4-1-3(10(12)13)2-5(9-8)6(4)11/h1-2H. The van der Waals surface area contributed by atoms with Gasteiger partial charge in [-0.3, -0.25) is 10.1 Å². The quantitative estimate of drug-likeness (QED) is 0.391. The molecule has 1 aromatic carbocycles. The summed E-state index contributed by atoms with van der Waals surface area (Å²) in [5.41, 5.74) is -0.836. The Morgan fingerprint density at radius 2 is 2.15 bits per heavy atom. The van der Waals surface area contributed by atoms with Crippen LogP contribution in [0.1, 0.15) is 0 Å². The molecule has 13 heavy (non-hydrogen) atoms. The van der Waals surface area contributed by atoms with Crippen LogP contribution in [0.15, 0.2) is 12.1 Å². The van der Waals surface area contributed by atoms with Crippen molar-refractivity contribution in [2.24, 2.45) is 0 Å². The fraction of sp³-hybridized carbons (Fsp3) is 0. The highest BCUT2D eigenvalue weighted by Crippen LogP contribution is 2.35. The van der Waals surface area contributed by atoms with Crippen molar-refractivity contribution in [2.45, 2.75) is 0 Å². The predicted octanol–water partition coefficient (Wildman–Crippen LogP) is 1.81. The summed E-state index contributed by atoms with van der Waals surface area (Å²) in [7, 11) is 0. The van der Waals surface area contributed by atoms with Crippen molar-refractivity contribution in [1.29, 1.82) is 5.39 Å². The van der Waals surface area contributed by atoms with Crippen LogP contribution in [0.25, 0.3) is 4.98 Å². The fourth-order valence-corrected chi connectivity index (χ4v) is 0.953. The summed E-state index contributed by atoms with van der Waals surface area (Å²) in [6.45, 7) is 0. The van der Waals surface area contributed by atoms with E-state index < -0.39 is 22.0 Å². The maximum absolute atomic E-state index is 11.0. The Balaban J connectivity index is 3.41. The molecule has 0 aliphatic heterocycles. The van der Waals surface area contributed by atoms with E-state index in [9.17, 15) is 15.2 Å². The monoisotopic (exact) mass is 199 g/mol. The first kappa shape index (κ1) is 9.22. The van der Waals surface area contributed by atoms with Crippen LogP contribution in [0.2, 0.25) is 5.02 Å². The highest BCUT2D eigenvalue weighted by molar-refractivity contribution is 6.32. The van der Waals surface area contributed by atoms with Crippen molar-refractivity contribution in [3.8, 4) is 5.75 Å². The summed E-state index contributed by atoms with van der Waals surface area (Å²) in [5, 5.41) is 29.2. The minimum absolute atomic E-state index is 0.345. The molecular weight excluding hydrogens is 198 g/mol. The molecule has 0 saturated heterocycles. The summed E-state index contributed by atoms with van der Waals surface area (Å²) in [6.07, 6.45) is 0. The zero-order valence-corrected chi connectivity index (χ0v) is 6.85. The number of nitrogens with zero attached hydrogens (tertiary/aromatic N) is 3. The fourth-order valence-electron chi connectivity index (χ4n) is 0.745. The highest BCUT2D eigenvalue weighted by Gasteiger charge is 2.17. The minimum atomic E-state index is -0.741. The maximum Gasteiger partial charge on any atom is 0.385 e. The Kier molecular flexibility index (Phi) is 2.30. The first-order valence-electron chi connectivity index (χ1n) is 3.06. The van der Waals surface area contributed by atoms with E-state index in [1.54, 1.807) is 0 Å². The Bertz CT molecular complexity index is 412. The van der Waals surface area contributed by atoms with Crippen molar-refractivity contribution in [1.82, 2.24) is 0 Å². The van der Waals surface area contributed by atoms with Crippen molar-refractivity contribution in [3.63, 3.8) is 0 Å². The molecule has 0 saturated carbocycles. The van der Waals surface area contributed by atoms with Gasteiger partial charge in [0.15, 0.2) is 4.98 Å². The van der Waals surface area contributed by atoms with Crippen LogP contribution in [-0.2, 0) is 0 Å². The van der Waals surface area contributed by atoms with E-state index >= 15 is 0 Å². The normalized spacial score (nSPS) is 9.23. The zero-order chi connectivity index (χ0) is 10.0. The maximum atomic E-state index is 11.0. The molecule has 0 N–H and O–H groups in total. The van der Waals surface area contributed by atoms with Gasteiger partial charge in [-0.15, -0.1) is 0 Å². The number of halogens is 1. The number of diazo groups is 1. The second-order valence-electron chi connectivity index (χ2n) is 2.13.